The number of methoxy groups -OCH3 is 1. The molecule has 1 saturated heterocycles. The van der Waals surface area contributed by atoms with E-state index < -0.39 is 0 Å². The first-order valence-electron chi connectivity index (χ1n) is 6.76. The van der Waals surface area contributed by atoms with Crippen molar-refractivity contribution in [1.82, 2.24) is 10.6 Å². The second-order valence-electron chi connectivity index (χ2n) is 4.76. The zero-order chi connectivity index (χ0) is 16.1. The Labute approximate surface area is 139 Å². The van der Waals surface area contributed by atoms with Gasteiger partial charge in [-0.3, -0.25) is 4.79 Å². The van der Waals surface area contributed by atoms with E-state index in [4.69, 9.17) is 21.7 Å². The molecular weight excluding hydrogens is 320 g/mol. The predicted molar refractivity (Wildman–Crippen MR) is 93.3 cm³/mol. The summed E-state index contributed by atoms with van der Waals surface area (Å²) in [6, 6.07) is 5.79. The zero-order valence-corrected chi connectivity index (χ0v) is 14.3. The maximum Gasteiger partial charge on any atom is 0.263 e. The van der Waals surface area contributed by atoms with Gasteiger partial charge in [0.1, 0.15) is 10.9 Å². The van der Waals surface area contributed by atoms with Crippen molar-refractivity contribution in [3.8, 4) is 11.5 Å². The van der Waals surface area contributed by atoms with Gasteiger partial charge < -0.3 is 20.1 Å². The molecule has 22 heavy (non-hydrogen) atoms. The molecule has 2 rings (SSSR count). The molecule has 0 spiro atoms. The summed E-state index contributed by atoms with van der Waals surface area (Å²) >= 11 is 6.22. The number of hydrogen-bond donors (Lipinski definition) is 2. The average molecular weight is 338 g/mol. The van der Waals surface area contributed by atoms with E-state index >= 15 is 0 Å². The number of thioether (sulfide) groups is 1. The number of thiocarbonyl (C=S) groups is 1. The highest BCUT2D eigenvalue weighted by Gasteiger charge is 2.22. The van der Waals surface area contributed by atoms with Gasteiger partial charge >= 0.3 is 0 Å². The fourth-order valence-corrected chi connectivity index (χ4v) is 2.81. The van der Waals surface area contributed by atoms with E-state index in [1.54, 1.807) is 13.2 Å². The summed E-state index contributed by atoms with van der Waals surface area (Å²) in [6.07, 6.45) is 1.78. The van der Waals surface area contributed by atoms with Gasteiger partial charge in [-0.25, -0.2) is 0 Å². The van der Waals surface area contributed by atoms with Crippen LogP contribution in [-0.2, 0) is 4.79 Å². The third-order valence-electron chi connectivity index (χ3n) is 3.11. The van der Waals surface area contributed by atoms with Crippen LogP contribution in [0, 0.1) is 0 Å². The lowest BCUT2D eigenvalue weighted by Crippen LogP contribution is -2.28. The molecule has 1 aliphatic rings. The monoisotopic (exact) mass is 338 g/mol. The largest absolute Gasteiger partial charge is 0.493 e. The van der Waals surface area contributed by atoms with Crippen LogP contribution in [0.3, 0.4) is 0 Å². The van der Waals surface area contributed by atoms with E-state index in [-0.39, 0.29) is 11.9 Å². The molecule has 1 heterocycles. The Hall–Kier alpha value is -1.57. The van der Waals surface area contributed by atoms with Crippen molar-refractivity contribution >= 4 is 40.3 Å². The Morgan fingerprint density at radius 2 is 2.23 bits per heavy atom. The summed E-state index contributed by atoms with van der Waals surface area (Å²) in [4.78, 5) is 12.2. The molecule has 1 fully saturated rings. The van der Waals surface area contributed by atoms with Crippen LogP contribution < -0.4 is 20.1 Å². The van der Waals surface area contributed by atoms with Crippen molar-refractivity contribution in [2.24, 2.45) is 0 Å². The molecule has 0 saturated carbocycles. The molecule has 7 heteroatoms. The Morgan fingerprint density at radius 1 is 1.45 bits per heavy atom. The molecule has 1 atom stereocenters. The zero-order valence-electron chi connectivity index (χ0n) is 12.6. The second-order valence-corrected chi connectivity index (χ2v) is 6.48. The first-order valence-corrected chi connectivity index (χ1v) is 7.99. The van der Waals surface area contributed by atoms with Crippen LogP contribution in [0.4, 0.5) is 0 Å². The number of hydrogen-bond acceptors (Lipinski definition) is 6. The maximum absolute atomic E-state index is 11.7. The predicted octanol–water partition coefficient (Wildman–Crippen LogP) is 2.17. The van der Waals surface area contributed by atoms with Gasteiger partial charge in [0.2, 0.25) is 0 Å². The molecule has 1 aromatic carbocycles. The van der Waals surface area contributed by atoms with Crippen molar-refractivity contribution in [2.45, 2.75) is 13.0 Å². The third-order valence-corrected chi connectivity index (χ3v) is 4.27. The molecule has 1 amide bonds. The van der Waals surface area contributed by atoms with Crippen molar-refractivity contribution in [1.29, 1.82) is 0 Å². The van der Waals surface area contributed by atoms with Crippen LogP contribution in [-0.4, -0.2) is 37.0 Å². The molecule has 118 valence electrons. The van der Waals surface area contributed by atoms with Crippen molar-refractivity contribution in [2.75, 3.05) is 20.8 Å². The Balaban J connectivity index is 2.17. The number of rotatable bonds is 6. The Morgan fingerprint density at radius 3 is 2.82 bits per heavy atom. The fraction of sp³-hybridized carbons (Fsp3) is 0.333. The number of amides is 1. The molecule has 0 bridgehead atoms. The summed E-state index contributed by atoms with van der Waals surface area (Å²) in [7, 11) is 3.47. The van der Waals surface area contributed by atoms with Gasteiger partial charge in [-0.2, -0.15) is 0 Å². The molecule has 1 aliphatic heterocycles. The highest BCUT2D eigenvalue weighted by molar-refractivity contribution is 8.26. The maximum atomic E-state index is 11.7. The van der Waals surface area contributed by atoms with Gasteiger partial charge in [0.25, 0.3) is 5.91 Å². The van der Waals surface area contributed by atoms with Gasteiger partial charge in [0, 0.05) is 6.04 Å². The summed E-state index contributed by atoms with van der Waals surface area (Å²) in [5.41, 5.74) is 0.855. The van der Waals surface area contributed by atoms with E-state index in [2.05, 4.69) is 10.6 Å². The standard InChI is InChI=1S/C15H18N2O3S2/c1-9(16-2)8-20-11-5-4-10(6-12(11)19-3)7-13-14(18)17-15(21)22-13/h4-7,9,16H,8H2,1-3H3,(H,17,18,21)/b13-7-. The van der Waals surface area contributed by atoms with Crippen LogP contribution in [0.25, 0.3) is 6.08 Å². The lowest BCUT2D eigenvalue weighted by atomic mass is 10.2. The second kappa shape index (κ2) is 7.62. The fourth-order valence-electron chi connectivity index (χ4n) is 1.76. The van der Waals surface area contributed by atoms with E-state index in [0.29, 0.717) is 27.3 Å². The quantitative estimate of drug-likeness (QED) is 0.612. The first-order chi connectivity index (χ1) is 10.5. The van der Waals surface area contributed by atoms with Crippen LogP contribution >= 0.6 is 24.0 Å². The average Bonchev–Trinajstić information content (AvgIpc) is 2.83. The topological polar surface area (TPSA) is 59.6 Å². The van der Waals surface area contributed by atoms with Gasteiger partial charge in [0.15, 0.2) is 11.5 Å². The molecule has 0 radical (unpaired) electrons. The van der Waals surface area contributed by atoms with E-state index in [1.165, 1.54) is 11.8 Å². The molecule has 2 N–H and O–H groups in total. The van der Waals surface area contributed by atoms with Gasteiger partial charge in [0.05, 0.1) is 12.0 Å². The van der Waals surface area contributed by atoms with E-state index in [9.17, 15) is 4.79 Å². The highest BCUT2D eigenvalue weighted by Crippen LogP contribution is 2.31. The molecule has 1 aromatic rings. The van der Waals surface area contributed by atoms with Gasteiger partial charge in [-0.05, 0) is 37.7 Å². The molecule has 0 aliphatic carbocycles. The minimum Gasteiger partial charge on any atom is -0.493 e. The van der Waals surface area contributed by atoms with E-state index in [0.717, 1.165) is 5.56 Å². The smallest absolute Gasteiger partial charge is 0.263 e. The summed E-state index contributed by atoms with van der Waals surface area (Å²) in [5, 5.41) is 5.70. The number of carbonyl (C=O) groups is 1. The lowest BCUT2D eigenvalue weighted by Gasteiger charge is -2.14. The summed E-state index contributed by atoms with van der Waals surface area (Å²) in [5.74, 6) is 1.13. The van der Waals surface area contributed by atoms with E-state index in [1.807, 2.05) is 32.2 Å². The molecule has 5 nitrogen and oxygen atoms in total. The van der Waals surface area contributed by atoms with Crippen LogP contribution in [0.2, 0.25) is 0 Å². The van der Waals surface area contributed by atoms with Crippen LogP contribution in [0.15, 0.2) is 23.1 Å². The molecule has 0 aromatic heterocycles. The number of nitrogens with one attached hydrogen (secondary N) is 2. The van der Waals surface area contributed by atoms with Crippen LogP contribution in [0.1, 0.15) is 12.5 Å². The summed E-state index contributed by atoms with van der Waals surface area (Å²) in [6.45, 7) is 2.57. The number of carbonyl (C=O) groups excluding carboxylic acids is 1. The highest BCUT2D eigenvalue weighted by atomic mass is 32.2. The van der Waals surface area contributed by atoms with Crippen LogP contribution in [0.5, 0.6) is 11.5 Å². The Bertz CT molecular complexity index is 617. The lowest BCUT2D eigenvalue weighted by molar-refractivity contribution is -0.115. The van der Waals surface area contributed by atoms with Crippen molar-refractivity contribution in [3.63, 3.8) is 0 Å². The first kappa shape index (κ1) is 16.8. The molecular formula is C15H18N2O3S2. The minimum absolute atomic E-state index is 0.169. The Kier molecular flexibility index (Phi) is 5.82. The third kappa shape index (κ3) is 4.22. The number of likely N-dealkylation sites (N-methyl/N-ethyl adjacent to an activating group) is 1. The van der Waals surface area contributed by atoms with Gasteiger partial charge in [-0.15, -0.1) is 0 Å². The van der Waals surface area contributed by atoms with Crippen molar-refractivity contribution in [3.05, 3.63) is 28.7 Å². The molecule has 1 unspecified atom stereocenters. The summed E-state index contributed by atoms with van der Waals surface area (Å²) < 4.78 is 11.6. The van der Waals surface area contributed by atoms with Crippen molar-refractivity contribution < 1.29 is 14.3 Å². The SMILES string of the molecule is CNC(C)COc1ccc(/C=C2\SC(=S)NC2=O)cc1OC. The normalized spacial score (nSPS) is 17.5. The number of ether oxygens (including phenoxy) is 2. The minimum atomic E-state index is -0.169. The van der Waals surface area contributed by atoms with Gasteiger partial charge in [-0.1, -0.05) is 30.0 Å². The number of benzene rings is 1.